The summed E-state index contributed by atoms with van der Waals surface area (Å²) in [6.45, 7) is 9.17. The molecule has 1 aliphatic heterocycles. The van der Waals surface area contributed by atoms with Crippen molar-refractivity contribution < 1.29 is 0 Å². The lowest BCUT2D eigenvalue weighted by molar-refractivity contribution is -0.0348. The molecule has 1 aromatic carbocycles. The first-order chi connectivity index (χ1) is 8.35. The Labute approximate surface area is 105 Å². The van der Waals surface area contributed by atoms with E-state index in [9.17, 15) is 0 Å². The monoisotopic (exact) mass is 232 g/mol. The molecule has 1 aromatic rings. The van der Waals surface area contributed by atoms with Crippen LogP contribution in [0.4, 0.5) is 0 Å². The number of piperidine rings is 1. The maximum atomic E-state index is 2.53. The SMILES string of the molecule is CCN(CC)N1CCC(c2ccccc2)CC1. The number of benzene rings is 1. The fraction of sp³-hybridized carbons (Fsp3) is 0.600. The first kappa shape index (κ1) is 12.6. The van der Waals surface area contributed by atoms with Crippen molar-refractivity contribution in [2.24, 2.45) is 0 Å². The van der Waals surface area contributed by atoms with Crippen molar-refractivity contribution in [3.05, 3.63) is 35.9 Å². The summed E-state index contributed by atoms with van der Waals surface area (Å²) in [7, 11) is 0. The molecule has 0 radical (unpaired) electrons. The molecule has 0 spiro atoms. The zero-order valence-electron chi connectivity index (χ0n) is 11.1. The lowest BCUT2D eigenvalue weighted by Gasteiger charge is -2.39. The third-order valence-electron chi connectivity index (χ3n) is 3.87. The summed E-state index contributed by atoms with van der Waals surface area (Å²) in [5, 5.41) is 4.99. The van der Waals surface area contributed by atoms with Crippen molar-refractivity contribution >= 4 is 0 Å². The summed E-state index contributed by atoms with van der Waals surface area (Å²) < 4.78 is 0. The second kappa shape index (κ2) is 6.18. The largest absolute Gasteiger partial charge is 0.242 e. The first-order valence-corrected chi connectivity index (χ1v) is 6.89. The summed E-state index contributed by atoms with van der Waals surface area (Å²) in [5.41, 5.74) is 1.52. The van der Waals surface area contributed by atoms with E-state index in [0.29, 0.717) is 0 Å². The molecule has 0 aromatic heterocycles. The molecule has 0 unspecified atom stereocenters. The number of nitrogens with zero attached hydrogens (tertiary/aromatic N) is 2. The van der Waals surface area contributed by atoms with Gasteiger partial charge in [-0.05, 0) is 24.3 Å². The molecule has 0 aliphatic carbocycles. The fourth-order valence-electron chi connectivity index (χ4n) is 2.83. The Balaban J connectivity index is 1.90. The van der Waals surface area contributed by atoms with Crippen LogP contribution < -0.4 is 0 Å². The maximum Gasteiger partial charge on any atom is 0.0139 e. The van der Waals surface area contributed by atoms with Gasteiger partial charge < -0.3 is 0 Å². The summed E-state index contributed by atoms with van der Waals surface area (Å²) in [4.78, 5) is 0. The van der Waals surface area contributed by atoms with Crippen molar-refractivity contribution in [2.45, 2.75) is 32.6 Å². The highest BCUT2D eigenvalue weighted by molar-refractivity contribution is 5.19. The molecule has 94 valence electrons. The molecular formula is C15H24N2. The average Bonchev–Trinajstić information content (AvgIpc) is 2.42. The first-order valence-electron chi connectivity index (χ1n) is 6.89. The second-order valence-corrected chi connectivity index (χ2v) is 4.78. The van der Waals surface area contributed by atoms with E-state index in [0.717, 1.165) is 19.0 Å². The maximum absolute atomic E-state index is 2.53. The van der Waals surface area contributed by atoms with Gasteiger partial charge in [-0.2, -0.15) is 0 Å². The van der Waals surface area contributed by atoms with Crippen LogP contribution in [0.15, 0.2) is 30.3 Å². The summed E-state index contributed by atoms with van der Waals surface area (Å²) >= 11 is 0. The Hall–Kier alpha value is -0.860. The number of rotatable bonds is 4. The van der Waals surface area contributed by atoms with Crippen LogP contribution in [-0.2, 0) is 0 Å². The minimum Gasteiger partial charge on any atom is -0.242 e. The molecule has 2 rings (SSSR count). The predicted molar refractivity (Wildman–Crippen MR) is 72.9 cm³/mol. The molecule has 1 aliphatic rings. The fourth-order valence-corrected chi connectivity index (χ4v) is 2.83. The Bertz CT molecular complexity index is 311. The molecule has 2 nitrogen and oxygen atoms in total. The molecule has 0 atom stereocenters. The van der Waals surface area contributed by atoms with Gasteiger partial charge in [0, 0.05) is 26.2 Å². The molecule has 0 bridgehead atoms. The molecule has 0 N–H and O–H groups in total. The lowest BCUT2D eigenvalue weighted by atomic mass is 9.90. The van der Waals surface area contributed by atoms with Crippen LogP contribution in [0.5, 0.6) is 0 Å². The summed E-state index contributed by atoms with van der Waals surface area (Å²) in [6, 6.07) is 11.0. The minimum atomic E-state index is 0.767. The molecule has 0 saturated carbocycles. The molecular weight excluding hydrogens is 208 g/mol. The van der Waals surface area contributed by atoms with Crippen molar-refractivity contribution in [2.75, 3.05) is 26.2 Å². The quantitative estimate of drug-likeness (QED) is 0.787. The van der Waals surface area contributed by atoms with E-state index in [-0.39, 0.29) is 0 Å². The van der Waals surface area contributed by atoms with Gasteiger partial charge in [0.05, 0.1) is 0 Å². The van der Waals surface area contributed by atoms with Crippen LogP contribution >= 0.6 is 0 Å². The van der Waals surface area contributed by atoms with Gasteiger partial charge in [-0.15, -0.1) is 0 Å². The zero-order chi connectivity index (χ0) is 12.1. The standard InChI is InChI=1S/C15H24N2/c1-3-16(4-2)17-12-10-15(11-13-17)14-8-6-5-7-9-14/h5-9,15H,3-4,10-13H2,1-2H3. The number of hydrogen-bond acceptors (Lipinski definition) is 2. The smallest absolute Gasteiger partial charge is 0.0139 e. The Kier molecular flexibility index (Phi) is 4.57. The highest BCUT2D eigenvalue weighted by Crippen LogP contribution is 2.28. The minimum absolute atomic E-state index is 0.767. The van der Waals surface area contributed by atoms with Crippen LogP contribution in [-0.4, -0.2) is 36.2 Å². The van der Waals surface area contributed by atoms with Gasteiger partial charge in [0.15, 0.2) is 0 Å². The van der Waals surface area contributed by atoms with Gasteiger partial charge in [0.2, 0.25) is 0 Å². The second-order valence-electron chi connectivity index (χ2n) is 4.78. The van der Waals surface area contributed by atoms with Crippen LogP contribution in [0.3, 0.4) is 0 Å². The zero-order valence-corrected chi connectivity index (χ0v) is 11.1. The van der Waals surface area contributed by atoms with E-state index in [1.54, 1.807) is 0 Å². The van der Waals surface area contributed by atoms with E-state index in [4.69, 9.17) is 0 Å². The molecule has 2 heteroatoms. The molecule has 1 fully saturated rings. The lowest BCUT2D eigenvalue weighted by Crippen LogP contribution is -2.46. The third-order valence-corrected chi connectivity index (χ3v) is 3.87. The van der Waals surface area contributed by atoms with Crippen molar-refractivity contribution in [3.63, 3.8) is 0 Å². The van der Waals surface area contributed by atoms with Gasteiger partial charge in [-0.3, -0.25) is 0 Å². The Morgan fingerprint density at radius 1 is 1.06 bits per heavy atom. The van der Waals surface area contributed by atoms with E-state index in [1.165, 1.54) is 31.5 Å². The highest BCUT2D eigenvalue weighted by atomic mass is 15.6. The van der Waals surface area contributed by atoms with Crippen LogP contribution in [0.2, 0.25) is 0 Å². The van der Waals surface area contributed by atoms with E-state index in [1.807, 2.05) is 0 Å². The van der Waals surface area contributed by atoms with E-state index >= 15 is 0 Å². The van der Waals surface area contributed by atoms with Gasteiger partial charge in [-0.25, -0.2) is 10.0 Å². The molecule has 0 amide bonds. The normalized spacial score (nSPS) is 18.8. The van der Waals surface area contributed by atoms with Gasteiger partial charge >= 0.3 is 0 Å². The van der Waals surface area contributed by atoms with E-state index in [2.05, 4.69) is 54.2 Å². The average molecular weight is 232 g/mol. The summed E-state index contributed by atoms with van der Waals surface area (Å²) in [5.74, 6) is 0.767. The summed E-state index contributed by atoms with van der Waals surface area (Å²) in [6.07, 6.45) is 2.58. The van der Waals surface area contributed by atoms with Crippen LogP contribution in [0.25, 0.3) is 0 Å². The van der Waals surface area contributed by atoms with Crippen molar-refractivity contribution in [3.8, 4) is 0 Å². The highest BCUT2D eigenvalue weighted by Gasteiger charge is 2.22. The number of hydrogen-bond donors (Lipinski definition) is 0. The van der Waals surface area contributed by atoms with Crippen LogP contribution in [0, 0.1) is 0 Å². The van der Waals surface area contributed by atoms with Crippen molar-refractivity contribution in [1.82, 2.24) is 10.0 Å². The Morgan fingerprint density at radius 2 is 1.65 bits per heavy atom. The van der Waals surface area contributed by atoms with E-state index < -0.39 is 0 Å². The van der Waals surface area contributed by atoms with Crippen molar-refractivity contribution in [1.29, 1.82) is 0 Å². The predicted octanol–water partition coefficient (Wildman–Crippen LogP) is 3.12. The molecule has 1 saturated heterocycles. The van der Waals surface area contributed by atoms with Gasteiger partial charge in [0.1, 0.15) is 0 Å². The van der Waals surface area contributed by atoms with Crippen LogP contribution in [0.1, 0.15) is 38.2 Å². The molecule has 17 heavy (non-hydrogen) atoms. The van der Waals surface area contributed by atoms with Gasteiger partial charge in [-0.1, -0.05) is 44.2 Å². The number of hydrazine groups is 1. The van der Waals surface area contributed by atoms with Gasteiger partial charge in [0.25, 0.3) is 0 Å². The molecule has 1 heterocycles. The topological polar surface area (TPSA) is 6.48 Å². The third kappa shape index (κ3) is 3.08. The Morgan fingerprint density at radius 3 is 2.18 bits per heavy atom.